The fourth-order valence-corrected chi connectivity index (χ4v) is 3.50. The summed E-state index contributed by atoms with van der Waals surface area (Å²) in [5.74, 6) is 0.293. The fraction of sp³-hybridized carbons (Fsp3) is 0.571. The van der Waals surface area contributed by atoms with Crippen LogP contribution in [0.5, 0.6) is 0 Å². The first-order chi connectivity index (χ1) is 8.98. The van der Waals surface area contributed by atoms with Gasteiger partial charge in [0.25, 0.3) is 0 Å². The van der Waals surface area contributed by atoms with Crippen molar-refractivity contribution >= 4 is 9.84 Å². The summed E-state index contributed by atoms with van der Waals surface area (Å²) in [5.41, 5.74) is 2.17. The lowest BCUT2D eigenvalue weighted by Crippen LogP contribution is -2.27. The number of hydrogen-bond acceptors (Lipinski definition) is 4. The summed E-state index contributed by atoms with van der Waals surface area (Å²) in [5, 5.41) is 3.07. The van der Waals surface area contributed by atoms with Crippen molar-refractivity contribution in [3.05, 3.63) is 35.4 Å². The first-order valence-corrected chi connectivity index (χ1v) is 8.24. The molecule has 1 aromatic carbocycles. The lowest BCUT2D eigenvalue weighted by atomic mass is 10.1. The van der Waals surface area contributed by atoms with Crippen molar-refractivity contribution < 1.29 is 13.2 Å². The Kier molecular flexibility index (Phi) is 6.48. The molecular formula is C14H23NO3S. The minimum atomic E-state index is -3.07. The highest BCUT2D eigenvalue weighted by Gasteiger charge is 2.19. The van der Waals surface area contributed by atoms with Crippen molar-refractivity contribution in [2.24, 2.45) is 0 Å². The molecule has 0 aliphatic heterocycles. The Hall–Kier alpha value is -0.910. The Bertz CT molecular complexity index is 468. The van der Waals surface area contributed by atoms with Gasteiger partial charge in [0.2, 0.25) is 0 Å². The van der Waals surface area contributed by atoms with E-state index >= 15 is 0 Å². The second-order valence-electron chi connectivity index (χ2n) is 4.71. The Morgan fingerprint density at radius 1 is 1.26 bits per heavy atom. The van der Waals surface area contributed by atoms with Gasteiger partial charge in [0.05, 0.1) is 11.5 Å². The Labute approximate surface area is 116 Å². The van der Waals surface area contributed by atoms with Crippen LogP contribution in [0, 0.1) is 6.92 Å². The summed E-state index contributed by atoms with van der Waals surface area (Å²) in [4.78, 5) is 0. The maximum absolute atomic E-state index is 12.0. The summed E-state index contributed by atoms with van der Waals surface area (Å²) in [6.45, 7) is 2.49. The Morgan fingerprint density at radius 3 is 2.42 bits per heavy atom. The maximum atomic E-state index is 12.0. The van der Waals surface area contributed by atoms with Gasteiger partial charge < -0.3 is 10.1 Å². The van der Waals surface area contributed by atoms with Gasteiger partial charge in [-0.3, -0.25) is 0 Å². The topological polar surface area (TPSA) is 55.4 Å². The summed E-state index contributed by atoms with van der Waals surface area (Å²) < 4.78 is 28.9. The maximum Gasteiger partial charge on any atom is 0.152 e. The van der Waals surface area contributed by atoms with Gasteiger partial charge in [0.15, 0.2) is 9.84 Å². The van der Waals surface area contributed by atoms with Crippen molar-refractivity contribution in [1.29, 1.82) is 0 Å². The molecule has 1 rings (SSSR count). The molecule has 1 aromatic rings. The second kappa shape index (κ2) is 7.62. The molecule has 1 unspecified atom stereocenters. The van der Waals surface area contributed by atoms with E-state index in [0.717, 1.165) is 5.56 Å². The fourth-order valence-electron chi connectivity index (χ4n) is 1.91. The molecule has 5 heteroatoms. The lowest BCUT2D eigenvalue weighted by Gasteiger charge is -2.17. The van der Waals surface area contributed by atoms with Crippen LogP contribution < -0.4 is 5.32 Å². The summed E-state index contributed by atoms with van der Waals surface area (Å²) in [7, 11) is 0.300. The number of rotatable bonds is 8. The molecule has 4 nitrogen and oxygen atoms in total. The molecule has 0 aliphatic rings. The van der Waals surface area contributed by atoms with Crippen molar-refractivity contribution in [2.75, 3.05) is 32.3 Å². The molecule has 0 fully saturated rings. The van der Waals surface area contributed by atoms with E-state index in [0.29, 0.717) is 13.0 Å². The number of nitrogens with one attached hydrogen (secondary N) is 1. The molecule has 0 saturated carbocycles. The number of sulfone groups is 1. The smallest absolute Gasteiger partial charge is 0.152 e. The van der Waals surface area contributed by atoms with Gasteiger partial charge in [0, 0.05) is 19.8 Å². The highest BCUT2D eigenvalue weighted by molar-refractivity contribution is 7.91. The molecule has 0 bridgehead atoms. The van der Waals surface area contributed by atoms with Crippen LogP contribution in [0.4, 0.5) is 0 Å². The standard InChI is InChI=1S/C14H23NO3S/c1-12-5-7-13(8-6-12)14(15-2)11-19(16,17)10-4-9-18-3/h5-8,14-15H,4,9-11H2,1-3H3. The molecule has 19 heavy (non-hydrogen) atoms. The monoisotopic (exact) mass is 285 g/mol. The molecule has 0 spiro atoms. The zero-order valence-electron chi connectivity index (χ0n) is 11.8. The van der Waals surface area contributed by atoms with E-state index in [1.807, 2.05) is 31.2 Å². The van der Waals surface area contributed by atoms with Gasteiger partial charge >= 0.3 is 0 Å². The van der Waals surface area contributed by atoms with Gasteiger partial charge in [-0.15, -0.1) is 0 Å². The number of methoxy groups -OCH3 is 1. The largest absolute Gasteiger partial charge is 0.385 e. The van der Waals surface area contributed by atoms with Crippen LogP contribution in [0.3, 0.4) is 0 Å². The van der Waals surface area contributed by atoms with Crippen LogP contribution in [0.15, 0.2) is 24.3 Å². The zero-order chi connectivity index (χ0) is 14.3. The third-order valence-electron chi connectivity index (χ3n) is 3.05. The number of aryl methyl sites for hydroxylation is 1. The van der Waals surface area contributed by atoms with Crippen LogP contribution in [0.2, 0.25) is 0 Å². The van der Waals surface area contributed by atoms with Crippen LogP contribution in [-0.2, 0) is 14.6 Å². The van der Waals surface area contributed by atoms with Gasteiger partial charge in [0.1, 0.15) is 0 Å². The van der Waals surface area contributed by atoms with Crippen LogP contribution in [0.1, 0.15) is 23.6 Å². The average Bonchev–Trinajstić information content (AvgIpc) is 2.37. The molecule has 0 amide bonds. The Balaban J connectivity index is 2.68. The van der Waals surface area contributed by atoms with Crippen molar-refractivity contribution in [3.8, 4) is 0 Å². The van der Waals surface area contributed by atoms with Crippen molar-refractivity contribution in [1.82, 2.24) is 5.32 Å². The van der Waals surface area contributed by atoms with Crippen molar-refractivity contribution in [3.63, 3.8) is 0 Å². The quantitative estimate of drug-likeness (QED) is 0.739. The van der Waals surface area contributed by atoms with E-state index in [9.17, 15) is 8.42 Å². The minimum absolute atomic E-state index is 0.121. The highest BCUT2D eigenvalue weighted by Crippen LogP contribution is 2.16. The number of ether oxygens (including phenoxy) is 1. The molecule has 0 radical (unpaired) electrons. The van der Waals surface area contributed by atoms with E-state index in [1.54, 1.807) is 14.2 Å². The number of benzene rings is 1. The normalized spacial score (nSPS) is 13.4. The SMILES string of the molecule is CNC(CS(=O)(=O)CCCOC)c1ccc(C)cc1. The summed E-state index contributed by atoms with van der Waals surface area (Å²) >= 11 is 0. The van der Waals surface area contributed by atoms with E-state index in [-0.39, 0.29) is 17.5 Å². The van der Waals surface area contributed by atoms with Crippen LogP contribution in [0.25, 0.3) is 0 Å². The van der Waals surface area contributed by atoms with E-state index < -0.39 is 9.84 Å². The molecule has 1 atom stereocenters. The van der Waals surface area contributed by atoms with Gasteiger partial charge in [-0.1, -0.05) is 29.8 Å². The third kappa shape index (κ3) is 5.72. The summed E-state index contributed by atoms with van der Waals surface area (Å²) in [6.07, 6.45) is 0.545. The van der Waals surface area contributed by atoms with Crippen LogP contribution in [-0.4, -0.2) is 40.7 Å². The molecule has 1 N–H and O–H groups in total. The molecule has 0 saturated heterocycles. The highest BCUT2D eigenvalue weighted by atomic mass is 32.2. The van der Waals surface area contributed by atoms with Gasteiger partial charge in [-0.25, -0.2) is 8.42 Å². The van der Waals surface area contributed by atoms with Gasteiger partial charge in [-0.05, 0) is 26.0 Å². The van der Waals surface area contributed by atoms with E-state index in [1.165, 1.54) is 5.56 Å². The molecule has 0 aromatic heterocycles. The average molecular weight is 285 g/mol. The first-order valence-electron chi connectivity index (χ1n) is 6.41. The number of hydrogen-bond donors (Lipinski definition) is 1. The Morgan fingerprint density at radius 2 is 1.89 bits per heavy atom. The second-order valence-corrected chi connectivity index (χ2v) is 6.94. The summed E-state index contributed by atoms with van der Waals surface area (Å²) in [6, 6.07) is 7.78. The van der Waals surface area contributed by atoms with Gasteiger partial charge in [-0.2, -0.15) is 0 Å². The third-order valence-corrected chi connectivity index (χ3v) is 4.80. The lowest BCUT2D eigenvalue weighted by molar-refractivity contribution is 0.199. The predicted octanol–water partition coefficient (Wildman–Crippen LogP) is 1.71. The van der Waals surface area contributed by atoms with Crippen molar-refractivity contribution in [2.45, 2.75) is 19.4 Å². The molecule has 108 valence electrons. The molecule has 0 heterocycles. The molecule has 0 aliphatic carbocycles. The first kappa shape index (κ1) is 16.1. The minimum Gasteiger partial charge on any atom is -0.385 e. The predicted molar refractivity (Wildman–Crippen MR) is 78.1 cm³/mol. The molecular weight excluding hydrogens is 262 g/mol. The zero-order valence-corrected chi connectivity index (χ0v) is 12.7. The van der Waals surface area contributed by atoms with E-state index in [2.05, 4.69) is 5.32 Å². The van der Waals surface area contributed by atoms with E-state index in [4.69, 9.17) is 4.74 Å². The van der Waals surface area contributed by atoms with Crippen LogP contribution >= 0.6 is 0 Å².